The van der Waals surface area contributed by atoms with Crippen molar-refractivity contribution in [1.82, 2.24) is 14.8 Å². The second kappa shape index (κ2) is 7.43. The van der Waals surface area contributed by atoms with Crippen molar-refractivity contribution in [2.24, 2.45) is 7.05 Å². The van der Waals surface area contributed by atoms with Gasteiger partial charge in [0.2, 0.25) is 0 Å². The fourth-order valence-corrected chi connectivity index (χ4v) is 4.60. The van der Waals surface area contributed by atoms with Crippen molar-refractivity contribution < 1.29 is 18.0 Å². The molecule has 0 atom stereocenters. The Kier molecular flexibility index (Phi) is 4.88. The number of fused-ring (bicyclic) bond motifs is 1. The molecule has 0 bridgehead atoms. The van der Waals surface area contributed by atoms with E-state index < -0.39 is 11.7 Å². The first-order valence-corrected chi connectivity index (χ1v) is 11.0. The van der Waals surface area contributed by atoms with Crippen LogP contribution in [0.4, 0.5) is 18.9 Å². The van der Waals surface area contributed by atoms with E-state index >= 15 is 0 Å². The van der Waals surface area contributed by atoms with Crippen molar-refractivity contribution in [2.75, 3.05) is 4.90 Å². The van der Waals surface area contributed by atoms with E-state index in [9.17, 15) is 18.0 Å². The molecule has 172 valence electrons. The van der Waals surface area contributed by atoms with Crippen LogP contribution in [0.1, 0.15) is 71.0 Å². The lowest BCUT2D eigenvalue weighted by molar-refractivity contribution is -0.138. The summed E-state index contributed by atoms with van der Waals surface area (Å²) in [5, 5.41) is 8.10. The van der Waals surface area contributed by atoms with E-state index in [1.54, 1.807) is 18.5 Å². The van der Waals surface area contributed by atoms with Gasteiger partial charge in [-0.25, -0.2) is 0 Å². The number of rotatable bonds is 5. The fraction of sp³-hybridized carbons (Fsp3) is 0.400. The maximum absolute atomic E-state index is 13.9. The van der Waals surface area contributed by atoms with Crippen LogP contribution in [0.2, 0.25) is 0 Å². The molecule has 1 amide bonds. The topological polar surface area (TPSA) is 51.0 Å². The van der Waals surface area contributed by atoms with E-state index in [0.717, 1.165) is 24.2 Å². The summed E-state index contributed by atoms with van der Waals surface area (Å²) in [7, 11) is 1.89. The molecule has 1 aromatic heterocycles. The molecule has 2 aromatic carbocycles. The standard InChI is InChI=1S/C25H25F3N4O/c1-24(2,12-22-30-29-14-31(22)3)17-5-4-6-18(11-17)32-13-20-19(23(32)33)9-16(15-7-8-15)10-21(20)25(26,27)28/h4-6,9-11,14-15H,7-8,12-13H2,1-3H3. The zero-order valence-electron chi connectivity index (χ0n) is 18.8. The molecule has 1 fully saturated rings. The average Bonchev–Trinajstić information content (AvgIpc) is 3.46. The summed E-state index contributed by atoms with van der Waals surface area (Å²) in [4.78, 5) is 14.7. The van der Waals surface area contributed by atoms with Gasteiger partial charge < -0.3 is 9.47 Å². The van der Waals surface area contributed by atoms with Crippen LogP contribution in [0.5, 0.6) is 0 Å². The number of hydrogen-bond acceptors (Lipinski definition) is 3. The van der Waals surface area contributed by atoms with Crippen LogP contribution in [0.15, 0.2) is 42.7 Å². The third-order valence-electron chi connectivity index (χ3n) is 6.76. The normalized spacial score (nSPS) is 16.4. The van der Waals surface area contributed by atoms with E-state index in [-0.39, 0.29) is 34.9 Å². The van der Waals surface area contributed by atoms with Crippen LogP contribution in [0.25, 0.3) is 0 Å². The van der Waals surface area contributed by atoms with E-state index in [1.165, 1.54) is 11.0 Å². The SMILES string of the molecule is Cn1cnnc1CC(C)(C)c1cccc(N2Cc3c(cc(C4CC4)cc3C(F)(F)F)C2=O)c1. The first-order valence-electron chi connectivity index (χ1n) is 11.0. The van der Waals surface area contributed by atoms with Crippen molar-refractivity contribution in [1.29, 1.82) is 0 Å². The summed E-state index contributed by atoms with van der Waals surface area (Å²) in [6.45, 7) is 4.07. The molecular weight excluding hydrogens is 429 g/mol. The first kappa shape index (κ1) is 21.7. The molecule has 0 saturated heterocycles. The maximum atomic E-state index is 13.9. The summed E-state index contributed by atoms with van der Waals surface area (Å²) in [6.07, 6.45) is -0.474. The summed E-state index contributed by atoms with van der Waals surface area (Å²) < 4.78 is 43.4. The van der Waals surface area contributed by atoms with E-state index in [1.807, 2.05) is 29.8 Å². The molecular formula is C25H25F3N4O. The van der Waals surface area contributed by atoms with Crippen LogP contribution >= 0.6 is 0 Å². The van der Waals surface area contributed by atoms with Crippen LogP contribution in [0, 0.1) is 0 Å². The number of hydrogen-bond donors (Lipinski definition) is 0. The monoisotopic (exact) mass is 454 g/mol. The predicted molar refractivity (Wildman–Crippen MR) is 118 cm³/mol. The van der Waals surface area contributed by atoms with Gasteiger partial charge in [0.15, 0.2) is 0 Å². The second-order valence-corrected chi connectivity index (χ2v) is 9.73. The van der Waals surface area contributed by atoms with Crippen molar-refractivity contribution in [3.8, 4) is 0 Å². The Hall–Kier alpha value is -3.16. The van der Waals surface area contributed by atoms with Gasteiger partial charge in [0, 0.05) is 24.7 Å². The van der Waals surface area contributed by atoms with Crippen molar-refractivity contribution in [3.05, 3.63) is 76.4 Å². The minimum atomic E-state index is -4.49. The van der Waals surface area contributed by atoms with Crippen LogP contribution in [-0.4, -0.2) is 20.7 Å². The highest BCUT2D eigenvalue weighted by atomic mass is 19.4. The van der Waals surface area contributed by atoms with Crippen molar-refractivity contribution >= 4 is 11.6 Å². The zero-order valence-corrected chi connectivity index (χ0v) is 18.8. The van der Waals surface area contributed by atoms with Gasteiger partial charge in [0.25, 0.3) is 5.91 Å². The molecule has 0 spiro atoms. The molecule has 33 heavy (non-hydrogen) atoms. The number of halogens is 3. The largest absolute Gasteiger partial charge is 0.416 e. The van der Waals surface area contributed by atoms with Gasteiger partial charge in [-0.05, 0) is 65.1 Å². The average molecular weight is 454 g/mol. The number of amides is 1. The summed E-state index contributed by atoms with van der Waals surface area (Å²) in [6, 6.07) is 10.4. The highest BCUT2D eigenvalue weighted by molar-refractivity contribution is 6.10. The number of aryl methyl sites for hydroxylation is 1. The van der Waals surface area contributed by atoms with Crippen molar-refractivity contribution in [2.45, 2.75) is 57.2 Å². The second-order valence-electron chi connectivity index (χ2n) is 9.73. The lowest BCUT2D eigenvalue weighted by atomic mass is 9.81. The minimum Gasteiger partial charge on any atom is -0.321 e. The number of aromatic nitrogens is 3. The van der Waals surface area contributed by atoms with Gasteiger partial charge in [-0.1, -0.05) is 26.0 Å². The van der Waals surface area contributed by atoms with Gasteiger partial charge in [0.1, 0.15) is 12.2 Å². The predicted octanol–water partition coefficient (Wildman–Crippen LogP) is 5.39. The molecule has 0 radical (unpaired) electrons. The Morgan fingerprint density at radius 2 is 1.88 bits per heavy atom. The smallest absolute Gasteiger partial charge is 0.321 e. The first-order chi connectivity index (χ1) is 15.5. The van der Waals surface area contributed by atoms with Crippen LogP contribution in [-0.2, 0) is 31.6 Å². The number of benzene rings is 2. The Morgan fingerprint density at radius 1 is 1.12 bits per heavy atom. The van der Waals surface area contributed by atoms with Gasteiger partial charge in [0.05, 0.1) is 12.1 Å². The Labute approximate surface area is 190 Å². The lowest BCUT2D eigenvalue weighted by Crippen LogP contribution is -2.26. The van der Waals surface area contributed by atoms with Gasteiger partial charge in [-0.3, -0.25) is 4.79 Å². The highest BCUT2D eigenvalue weighted by Gasteiger charge is 2.42. The fourth-order valence-electron chi connectivity index (χ4n) is 4.60. The summed E-state index contributed by atoms with van der Waals surface area (Å²) in [5.74, 6) is 0.585. The molecule has 3 aromatic rings. The molecule has 5 nitrogen and oxygen atoms in total. The molecule has 1 saturated carbocycles. The molecule has 2 aliphatic rings. The Bertz CT molecular complexity index is 1240. The minimum absolute atomic E-state index is 0.0700. The van der Waals surface area contributed by atoms with Gasteiger partial charge in [-0.15, -0.1) is 10.2 Å². The lowest BCUT2D eigenvalue weighted by Gasteiger charge is -2.26. The Morgan fingerprint density at radius 3 is 2.52 bits per heavy atom. The number of alkyl halides is 3. The summed E-state index contributed by atoms with van der Waals surface area (Å²) >= 11 is 0. The van der Waals surface area contributed by atoms with E-state index in [0.29, 0.717) is 17.7 Å². The van der Waals surface area contributed by atoms with Crippen LogP contribution < -0.4 is 4.90 Å². The Balaban J connectivity index is 1.49. The van der Waals surface area contributed by atoms with E-state index in [2.05, 4.69) is 24.0 Å². The number of anilines is 1. The molecule has 0 unspecified atom stereocenters. The van der Waals surface area contributed by atoms with Gasteiger partial charge >= 0.3 is 6.18 Å². The number of carbonyl (C=O) groups excluding carboxylic acids is 1. The van der Waals surface area contributed by atoms with Crippen molar-refractivity contribution in [3.63, 3.8) is 0 Å². The van der Waals surface area contributed by atoms with Crippen LogP contribution in [0.3, 0.4) is 0 Å². The number of carbonyl (C=O) groups is 1. The molecule has 5 rings (SSSR count). The maximum Gasteiger partial charge on any atom is 0.416 e. The molecule has 1 aliphatic carbocycles. The zero-order chi connectivity index (χ0) is 23.5. The quantitative estimate of drug-likeness (QED) is 0.519. The molecule has 0 N–H and O–H groups in total. The highest BCUT2D eigenvalue weighted by Crippen LogP contribution is 2.46. The van der Waals surface area contributed by atoms with Gasteiger partial charge in [-0.2, -0.15) is 13.2 Å². The molecule has 8 heteroatoms. The third kappa shape index (κ3) is 3.92. The molecule has 2 heterocycles. The van der Waals surface area contributed by atoms with E-state index in [4.69, 9.17) is 0 Å². The summed E-state index contributed by atoms with van der Waals surface area (Å²) in [5.41, 5.74) is 1.44. The third-order valence-corrected chi connectivity index (χ3v) is 6.76. The molecule has 1 aliphatic heterocycles. The number of nitrogens with zero attached hydrogens (tertiary/aromatic N) is 4.